The summed E-state index contributed by atoms with van der Waals surface area (Å²) in [6.45, 7) is -1.37. The minimum absolute atomic E-state index is 0.511. The normalized spacial score (nSPS) is 10.1. The van der Waals surface area contributed by atoms with Crippen molar-refractivity contribution >= 4 is 0 Å². The first-order valence-corrected chi connectivity index (χ1v) is 3.52. The molecule has 0 amide bonds. The van der Waals surface area contributed by atoms with Gasteiger partial charge in [0.05, 0.1) is 7.11 Å². The van der Waals surface area contributed by atoms with Crippen LogP contribution in [0.25, 0.3) is 0 Å². The first kappa shape index (κ1) is 10.6. The molecular weight excluding hydrogens is 204 g/mol. The van der Waals surface area contributed by atoms with Crippen molar-refractivity contribution < 1.29 is 27.0 Å². The van der Waals surface area contributed by atoms with Crippen LogP contribution in [-0.4, -0.2) is 14.0 Å². The Labute approximate surface area is 77.1 Å². The Hall–Kier alpha value is -1.46. The number of halogens is 4. The Morgan fingerprint density at radius 2 is 1.86 bits per heavy atom. The van der Waals surface area contributed by atoms with Crippen LogP contribution >= 0.6 is 0 Å². The van der Waals surface area contributed by atoms with Crippen LogP contribution in [0.4, 0.5) is 17.6 Å². The van der Waals surface area contributed by atoms with Gasteiger partial charge in [-0.1, -0.05) is 0 Å². The molecule has 6 heteroatoms. The fourth-order valence-corrected chi connectivity index (χ4v) is 0.908. The van der Waals surface area contributed by atoms with E-state index in [2.05, 4.69) is 9.47 Å². The molecule has 0 aliphatic rings. The van der Waals surface area contributed by atoms with Gasteiger partial charge in [-0.2, -0.15) is 8.78 Å². The predicted octanol–water partition coefficient (Wildman–Crippen LogP) is 2.42. The highest BCUT2D eigenvalue weighted by Crippen LogP contribution is 2.30. The van der Waals surface area contributed by atoms with Gasteiger partial charge in [-0.25, -0.2) is 8.78 Å². The monoisotopic (exact) mass is 210 g/mol. The van der Waals surface area contributed by atoms with E-state index in [4.69, 9.17) is 0 Å². The highest BCUT2D eigenvalue weighted by molar-refractivity contribution is 5.36. The maximum Gasteiger partial charge on any atom is 0.228 e. The number of rotatable bonds is 3. The van der Waals surface area contributed by atoms with E-state index >= 15 is 0 Å². The van der Waals surface area contributed by atoms with Gasteiger partial charge in [-0.05, 0) is 0 Å². The van der Waals surface area contributed by atoms with Crippen molar-refractivity contribution in [2.24, 2.45) is 0 Å². The van der Waals surface area contributed by atoms with Crippen LogP contribution in [0.1, 0.15) is 0 Å². The predicted molar refractivity (Wildman–Crippen MR) is 39.5 cm³/mol. The van der Waals surface area contributed by atoms with E-state index in [1.54, 1.807) is 0 Å². The maximum atomic E-state index is 12.9. The van der Waals surface area contributed by atoms with Crippen LogP contribution < -0.4 is 9.47 Å². The van der Waals surface area contributed by atoms with Crippen LogP contribution in [0.2, 0.25) is 0 Å². The molecule has 1 aromatic carbocycles. The molecule has 0 heterocycles. The molecule has 0 fully saturated rings. The first-order valence-electron chi connectivity index (χ1n) is 3.52. The molecule has 0 aliphatic heterocycles. The maximum absolute atomic E-state index is 12.9. The van der Waals surface area contributed by atoms with Crippen molar-refractivity contribution in [3.63, 3.8) is 0 Å². The summed E-state index contributed by atoms with van der Waals surface area (Å²) in [5, 5.41) is 0. The fourth-order valence-electron chi connectivity index (χ4n) is 0.908. The van der Waals surface area contributed by atoms with Gasteiger partial charge in [0.2, 0.25) is 18.5 Å². The quantitative estimate of drug-likeness (QED) is 0.563. The Morgan fingerprint density at radius 1 is 1.21 bits per heavy atom. The molecule has 0 radical (unpaired) electrons. The molecule has 0 saturated heterocycles. The van der Waals surface area contributed by atoms with E-state index in [0.717, 1.165) is 7.11 Å². The summed E-state index contributed by atoms with van der Waals surface area (Å²) in [4.78, 5) is 0. The summed E-state index contributed by atoms with van der Waals surface area (Å²) in [5.41, 5.74) is 0. The number of benzene rings is 1. The summed E-state index contributed by atoms with van der Waals surface area (Å²) in [6, 6.07) is 0.511. The smallest absolute Gasteiger partial charge is 0.228 e. The van der Waals surface area contributed by atoms with Crippen molar-refractivity contribution in [3.05, 3.63) is 23.5 Å². The molecule has 14 heavy (non-hydrogen) atoms. The highest BCUT2D eigenvalue weighted by Gasteiger charge is 2.20. The lowest BCUT2D eigenvalue weighted by atomic mass is 10.3. The van der Waals surface area contributed by atoms with Crippen molar-refractivity contribution in [1.29, 1.82) is 0 Å². The van der Waals surface area contributed by atoms with E-state index in [9.17, 15) is 17.6 Å². The lowest BCUT2D eigenvalue weighted by molar-refractivity contribution is 0.180. The molecule has 0 N–H and O–H groups in total. The van der Waals surface area contributed by atoms with E-state index in [-0.39, 0.29) is 0 Å². The zero-order chi connectivity index (χ0) is 10.7. The molecule has 0 atom stereocenters. The van der Waals surface area contributed by atoms with Crippen molar-refractivity contribution in [2.75, 3.05) is 14.0 Å². The average molecular weight is 210 g/mol. The molecule has 0 saturated carbocycles. The first-order chi connectivity index (χ1) is 6.61. The number of methoxy groups -OCH3 is 1. The molecule has 78 valence electrons. The lowest BCUT2D eigenvalue weighted by Crippen LogP contribution is -2.01. The lowest BCUT2D eigenvalue weighted by Gasteiger charge is -2.08. The molecule has 1 aromatic rings. The van der Waals surface area contributed by atoms with E-state index < -0.39 is 35.8 Å². The van der Waals surface area contributed by atoms with E-state index in [1.165, 1.54) is 0 Å². The van der Waals surface area contributed by atoms with E-state index in [0.29, 0.717) is 6.07 Å². The second kappa shape index (κ2) is 4.17. The Balaban J connectivity index is 3.25. The Kier molecular flexibility index (Phi) is 3.16. The zero-order valence-corrected chi connectivity index (χ0v) is 7.11. The molecular formula is C8H6F4O2. The van der Waals surface area contributed by atoms with Crippen LogP contribution in [0.15, 0.2) is 6.07 Å². The van der Waals surface area contributed by atoms with Gasteiger partial charge in [0.25, 0.3) is 0 Å². The number of ether oxygens (including phenoxy) is 2. The SMILES string of the molecule is COc1c(F)cc(OCF)c(F)c1F. The van der Waals surface area contributed by atoms with Crippen LogP contribution in [0.3, 0.4) is 0 Å². The highest BCUT2D eigenvalue weighted by atomic mass is 19.2. The van der Waals surface area contributed by atoms with Gasteiger partial charge < -0.3 is 9.47 Å². The molecule has 2 nitrogen and oxygen atoms in total. The van der Waals surface area contributed by atoms with Gasteiger partial charge in [0, 0.05) is 6.07 Å². The van der Waals surface area contributed by atoms with Gasteiger partial charge in [0.1, 0.15) is 0 Å². The minimum atomic E-state index is -1.55. The van der Waals surface area contributed by atoms with E-state index in [1.807, 2.05) is 0 Å². The molecule has 0 aliphatic carbocycles. The van der Waals surface area contributed by atoms with Crippen LogP contribution in [0, 0.1) is 17.5 Å². The number of alkyl halides is 1. The third-order valence-electron chi connectivity index (χ3n) is 1.50. The number of hydrogen-bond acceptors (Lipinski definition) is 2. The Bertz CT molecular complexity index is 341. The second-order valence-corrected chi connectivity index (χ2v) is 2.27. The van der Waals surface area contributed by atoms with Gasteiger partial charge in [-0.15, -0.1) is 0 Å². The minimum Gasteiger partial charge on any atom is -0.491 e. The third-order valence-corrected chi connectivity index (χ3v) is 1.50. The molecule has 1 rings (SSSR count). The average Bonchev–Trinajstić information content (AvgIpc) is 2.15. The largest absolute Gasteiger partial charge is 0.491 e. The number of hydrogen-bond donors (Lipinski definition) is 0. The summed E-state index contributed by atoms with van der Waals surface area (Å²) < 4.78 is 58.6. The van der Waals surface area contributed by atoms with Gasteiger partial charge in [0.15, 0.2) is 17.3 Å². The summed E-state index contributed by atoms with van der Waals surface area (Å²) in [7, 11) is 0.983. The van der Waals surface area contributed by atoms with Crippen molar-refractivity contribution in [2.45, 2.75) is 0 Å². The third kappa shape index (κ3) is 1.73. The topological polar surface area (TPSA) is 18.5 Å². The molecule has 0 unspecified atom stereocenters. The van der Waals surface area contributed by atoms with Gasteiger partial charge >= 0.3 is 0 Å². The van der Waals surface area contributed by atoms with Crippen LogP contribution in [-0.2, 0) is 0 Å². The summed E-state index contributed by atoms with van der Waals surface area (Å²) >= 11 is 0. The second-order valence-electron chi connectivity index (χ2n) is 2.27. The molecule has 0 aromatic heterocycles. The van der Waals surface area contributed by atoms with Crippen molar-refractivity contribution in [1.82, 2.24) is 0 Å². The molecule has 0 bridgehead atoms. The standard InChI is InChI=1S/C8H6F4O2/c1-13-8-4(10)2-5(14-3-9)6(11)7(8)12/h2H,3H2,1H3. The zero-order valence-electron chi connectivity index (χ0n) is 7.11. The summed E-state index contributed by atoms with van der Waals surface area (Å²) in [5.74, 6) is -5.89. The Morgan fingerprint density at radius 3 is 2.36 bits per heavy atom. The van der Waals surface area contributed by atoms with Gasteiger partial charge in [-0.3, -0.25) is 0 Å². The fraction of sp³-hybridized carbons (Fsp3) is 0.250. The summed E-state index contributed by atoms with van der Waals surface area (Å²) in [6.07, 6.45) is 0. The molecule has 0 spiro atoms. The van der Waals surface area contributed by atoms with Crippen LogP contribution in [0.5, 0.6) is 11.5 Å². The van der Waals surface area contributed by atoms with Crippen molar-refractivity contribution in [3.8, 4) is 11.5 Å².